The van der Waals surface area contributed by atoms with Crippen LogP contribution in [0.25, 0.3) is 11.1 Å². The highest BCUT2D eigenvalue weighted by Crippen LogP contribution is 2.44. The van der Waals surface area contributed by atoms with Crippen LogP contribution in [-0.2, 0) is 12.8 Å². The molecule has 0 radical (unpaired) electrons. The van der Waals surface area contributed by atoms with E-state index in [4.69, 9.17) is 10.5 Å². The lowest BCUT2D eigenvalue weighted by Gasteiger charge is -2.37. The largest absolute Gasteiger partial charge is 0.477 e. The van der Waals surface area contributed by atoms with Crippen LogP contribution in [0.4, 0.5) is 11.4 Å². The zero-order valence-electron chi connectivity index (χ0n) is 18.9. The van der Waals surface area contributed by atoms with Gasteiger partial charge in [0.1, 0.15) is 0 Å². The normalized spacial score (nSPS) is 19.6. The van der Waals surface area contributed by atoms with Gasteiger partial charge < -0.3 is 20.3 Å². The maximum absolute atomic E-state index is 12.6. The molecule has 1 unspecified atom stereocenters. The number of nitrogens with two attached hydrogens (primary N) is 1. The molecule has 168 valence electrons. The van der Waals surface area contributed by atoms with Crippen molar-refractivity contribution in [2.75, 3.05) is 45.2 Å². The molecule has 2 aromatic rings. The first-order chi connectivity index (χ1) is 15.5. The maximum atomic E-state index is 12.6. The van der Waals surface area contributed by atoms with Crippen LogP contribution in [0.5, 0.6) is 5.88 Å². The van der Waals surface area contributed by atoms with Gasteiger partial charge in [-0.15, -0.1) is 0 Å². The molecule has 5 rings (SSSR count). The number of aryl methyl sites for hydroxylation is 1. The summed E-state index contributed by atoms with van der Waals surface area (Å²) in [5, 5.41) is 0. The van der Waals surface area contributed by atoms with E-state index in [9.17, 15) is 4.79 Å². The number of aromatic nitrogens is 1. The van der Waals surface area contributed by atoms with Gasteiger partial charge in [0.15, 0.2) is 0 Å². The van der Waals surface area contributed by atoms with Crippen LogP contribution in [0.1, 0.15) is 40.7 Å². The summed E-state index contributed by atoms with van der Waals surface area (Å²) in [5.74, 6) is 0.923. The summed E-state index contributed by atoms with van der Waals surface area (Å²) in [4.78, 5) is 26.5. The maximum Gasteiger partial charge on any atom is 0.251 e. The molecule has 1 fully saturated rings. The van der Waals surface area contributed by atoms with Crippen LogP contribution in [0, 0.1) is 5.92 Å². The molecule has 3 aliphatic rings. The molecule has 1 aromatic heterocycles. The van der Waals surface area contributed by atoms with Gasteiger partial charge in [0.2, 0.25) is 5.88 Å². The Kier molecular flexibility index (Phi) is 5.59. The lowest BCUT2D eigenvalue weighted by Crippen LogP contribution is -2.40. The van der Waals surface area contributed by atoms with Crippen molar-refractivity contribution in [3.8, 4) is 17.0 Å². The molecule has 0 spiro atoms. The Labute approximate surface area is 189 Å². The van der Waals surface area contributed by atoms with E-state index in [-0.39, 0.29) is 5.91 Å². The van der Waals surface area contributed by atoms with Crippen LogP contribution >= 0.6 is 0 Å². The van der Waals surface area contributed by atoms with Crippen LogP contribution < -0.4 is 15.4 Å². The Morgan fingerprint density at radius 1 is 1.31 bits per heavy atom. The highest BCUT2D eigenvalue weighted by atomic mass is 16.5. The van der Waals surface area contributed by atoms with Crippen LogP contribution in [0.3, 0.4) is 0 Å². The Hall–Kier alpha value is -2.93. The Bertz CT molecular complexity index is 1080. The topological polar surface area (TPSA) is 84.0 Å². The first-order valence-electron chi connectivity index (χ1n) is 11.5. The van der Waals surface area contributed by atoms with Gasteiger partial charge in [0.25, 0.3) is 5.91 Å². The molecule has 1 atom stereocenters. The number of piperidine rings is 1. The number of amides is 1. The van der Waals surface area contributed by atoms with Crippen molar-refractivity contribution < 1.29 is 9.53 Å². The fourth-order valence-corrected chi connectivity index (χ4v) is 5.37. The second-order valence-corrected chi connectivity index (χ2v) is 9.38. The molecule has 0 aliphatic carbocycles. The van der Waals surface area contributed by atoms with Crippen molar-refractivity contribution >= 4 is 23.5 Å². The Morgan fingerprint density at radius 2 is 2.19 bits per heavy atom. The van der Waals surface area contributed by atoms with Gasteiger partial charge in [-0.2, -0.15) is 0 Å². The molecule has 2 N–H and O–H groups in total. The number of fused-ring (bicyclic) bond motifs is 2. The Morgan fingerprint density at radius 3 is 3.00 bits per heavy atom. The van der Waals surface area contributed by atoms with E-state index in [1.807, 2.05) is 12.4 Å². The van der Waals surface area contributed by atoms with Crippen LogP contribution in [0.15, 0.2) is 23.3 Å². The second-order valence-electron chi connectivity index (χ2n) is 9.38. The van der Waals surface area contributed by atoms with Crippen molar-refractivity contribution in [1.82, 2.24) is 9.88 Å². The fourth-order valence-electron chi connectivity index (χ4n) is 5.37. The lowest BCUT2D eigenvalue weighted by molar-refractivity contribution is 0.1000. The second kappa shape index (κ2) is 8.54. The number of pyridine rings is 1. The number of primary amides is 1. The number of carbonyl (C=O) groups excluding carboxylic acids is 1. The van der Waals surface area contributed by atoms with Crippen molar-refractivity contribution in [3.05, 3.63) is 35.0 Å². The van der Waals surface area contributed by atoms with Gasteiger partial charge in [-0.25, -0.2) is 4.98 Å². The van der Waals surface area contributed by atoms with Crippen molar-refractivity contribution in [2.24, 2.45) is 16.6 Å². The van der Waals surface area contributed by atoms with E-state index in [1.54, 1.807) is 0 Å². The third-order valence-corrected chi connectivity index (χ3v) is 6.69. The van der Waals surface area contributed by atoms with Crippen molar-refractivity contribution in [1.29, 1.82) is 0 Å². The number of nitrogens with zero attached hydrogens (tertiary/aromatic N) is 4. The predicted octanol–water partition coefficient (Wildman–Crippen LogP) is 3.21. The monoisotopic (exact) mass is 433 g/mol. The summed E-state index contributed by atoms with van der Waals surface area (Å²) in [7, 11) is 4.23. The van der Waals surface area contributed by atoms with E-state index in [0.29, 0.717) is 17.9 Å². The van der Waals surface area contributed by atoms with Crippen molar-refractivity contribution in [2.45, 2.75) is 32.1 Å². The number of benzene rings is 1. The number of hydrogen-bond donors (Lipinski definition) is 1. The van der Waals surface area contributed by atoms with Gasteiger partial charge in [-0.3, -0.25) is 9.79 Å². The summed E-state index contributed by atoms with van der Waals surface area (Å²) in [5.41, 5.74) is 12.5. The number of rotatable bonds is 5. The zero-order valence-corrected chi connectivity index (χ0v) is 18.9. The fraction of sp³-hybridized carbons (Fsp3) is 0.480. The minimum atomic E-state index is -0.375. The molecule has 7 heteroatoms. The first kappa shape index (κ1) is 20.9. The first-order valence-corrected chi connectivity index (χ1v) is 11.5. The summed E-state index contributed by atoms with van der Waals surface area (Å²) in [6, 6.07) is 4.29. The third kappa shape index (κ3) is 3.86. The number of carbonyl (C=O) groups is 1. The van der Waals surface area contributed by atoms with Gasteiger partial charge in [-0.05, 0) is 63.4 Å². The van der Waals surface area contributed by atoms with Crippen LogP contribution in [-0.4, -0.2) is 62.3 Å². The molecule has 0 bridgehead atoms. The number of ether oxygens (including phenoxy) is 1. The minimum Gasteiger partial charge on any atom is -0.477 e. The van der Waals surface area contributed by atoms with E-state index in [0.717, 1.165) is 85.0 Å². The minimum absolute atomic E-state index is 0.375. The standard InChI is InChI=1S/C25H31N5O2/c1-29(2)14-16-5-3-9-30(15-16)21-12-20(23-19(7-8-27-23)22(21)24(26)31)18-11-17-6-4-10-32-25(17)28-13-18/h8,11-13,16H,3-7,9-10,14-15H2,1-2H3,(H2,26,31). The third-order valence-electron chi connectivity index (χ3n) is 6.69. The van der Waals surface area contributed by atoms with E-state index in [2.05, 4.69) is 46.0 Å². The number of hydrogen-bond acceptors (Lipinski definition) is 6. The van der Waals surface area contributed by atoms with E-state index in [1.165, 1.54) is 6.42 Å². The average molecular weight is 434 g/mol. The predicted molar refractivity (Wildman–Crippen MR) is 127 cm³/mol. The molecule has 1 amide bonds. The highest BCUT2D eigenvalue weighted by molar-refractivity contribution is 6.06. The summed E-state index contributed by atoms with van der Waals surface area (Å²) in [6.07, 6.45) is 8.66. The molecule has 1 aromatic carbocycles. The smallest absolute Gasteiger partial charge is 0.251 e. The van der Waals surface area contributed by atoms with Gasteiger partial charge in [-0.1, -0.05) is 0 Å². The molecule has 4 heterocycles. The summed E-state index contributed by atoms with van der Waals surface area (Å²) >= 11 is 0. The summed E-state index contributed by atoms with van der Waals surface area (Å²) < 4.78 is 5.71. The van der Waals surface area contributed by atoms with Crippen LogP contribution in [0.2, 0.25) is 0 Å². The van der Waals surface area contributed by atoms with Gasteiger partial charge in [0, 0.05) is 55.2 Å². The molecular formula is C25H31N5O2. The van der Waals surface area contributed by atoms with Crippen molar-refractivity contribution in [3.63, 3.8) is 0 Å². The van der Waals surface area contributed by atoms with E-state index >= 15 is 0 Å². The Balaban J connectivity index is 1.61. The summed E-state index contributed by atoms with van der Waals surface area (Å²) in [6.45, 7) is 3.62. The molecule has 3 aliphatic heterocycles. The number of anilines is 1. The molecule has 1 saturated heterocycles. The van der Waals surface area contributed by atoms with Gasteiger partial charge >= 0.3 is 0 Å². The SMILES string of the molecule is CN(C)CC1CCCN(c2cc(-c3cnc4c(c3)CCCO4)c3c(c2C(N)=O)CC=N3)C1. The molecule has 0 saturated carbocycles. The molecule has 32 heavy (non-hydrogen) atoms. The molecular weight excluding hydrogens is 402 g/mol. The highest BCUT2D eigenvalue weighted by Gasteiger charge is 2.29. The zero-order chi connectivity index (χ0) is 22.2. The molecule has 7 nitrogen and oxygen atoms in total. The quantitative estimate of drug-likeness (QED) is 0.783. The average Bonchev–Trinajstić information content (AvgIpc) is 3.27. The van der Waals surface area contributed by atoms with E-state index < -0.39 is 0 Å². The lowest BCUT2D eigenvalue weighted by atomic mass is 9.91. The number of aliphatic imine (C=N–C) groups is 1. The van der Waals surface area contributed by atoms with Gasteiger partial charge in [0.05, 0.1) is 23.5 Å².